The van der Waals surface area contributed by atoms with Crippen molar-refractivity contribution in [2.45, 2.75) is 17.6 Å². The van der Waals surface area contributed by atoms with Crippen LogP contribution in [0.2, 0.25) is 0 Å². The molecule has 0 aliphatic heterocycles. The van der Waals surface area contributed by atoms with Gasteiger partial charge in [0.05, 0.1) is 0 Å². The minimum Gasteiger partial charge on any atom is -0.507 e. The minimum atomic E-state index is -1.10. The van der Waals surface area contributed by atoms with Gasteiger partial charge in [0.15, 0.2) is 0 Å². The maximum absolute atomic E-state index is 11.0. The van der Waals surface area contributed by atoms with Crippen LogP contribution in [0.4, 0.5) is 0 Å². The van der Waals surface area contributed by atoms with Gasteiger partial charge in [-0.25, -0.2) is 4.79 Å². The molecular formula is C15H14O3S. The molecule has 0 fully saturated rings. The van der Waals surface area contributed by atoms with Crippen molar-refractivity contribution in [2.75, 3.05) is 0 Å². The highest BCUT2D eigenvalue weighted by atomic mass is 32.2. The highest BCUT2D eigenvalue weighted by Gasteiger charge is 2.14. The van der Waals surface area contributed by atoms with Crippen LogP contribution in [0.15, 0.2) is 47.4 Å². The van der Waals surface area contributed by atoms with E-state index in [2.05, 4.69) is 0 Å². The Bertz CT molecular complexity index is 594. The number of carbonyl (C=O) groups is 1. The van der Waals surface area contributed by atoms with Crippen molar-refractivity contribution in [2.24, 2.45) is 0 Å². The van der Waals surface area contributed by atoms with E-state index in [1.54, 1.807) is 11.8 Å². The number of hydrogen-bond acceptors (Lipinski definition) is 3. The molecule has 0 aromatic heterocycles. The van der Waals surface area contributed by atoms with Gasteiger partial charge in [0.2, 0.25) is 0 Å². The van der Waals surface area contributed by atoms with E-state index < -0.39 is 5.97 Å². The van der Waals surface area contributed by atoms with Gasteiger partial charge in [-0.2, -0.15) is 0 Å². The Morgan fingerprint density at radius 3 is 2.53 bits per heavy atom. The smallest absolute Gasteiger partial charge is 0.339 e. The van der Waals surface area contributed by atoms with Gasteiger partial charge >= 0.3 is 5.97 Å². The first-order valence-electron chi connectivity index (χ1n) is 5.81. The second-order valence-corrected chi connectivity index (χ2v) is 5.28. The fourth-order valence-electron chi connectivity index (χ4n) is 1.80. The van der Waals surface area contributed by atoms with Crippen LogP contribution >= 0.6 is 11.8 Å². The van der Waals surface area contributed by atoms with Crippen LogP contribution < -0.4 is 0 Å². The number of aromatic hydroxyl groups is 1. The molecule has 0 unspecified atom stereocenters. The van der Waals surface area contributed by atoms with Crippen molar-refractivity contribution in [3.05, 3.63) is 59.2 Å². The average molecular weight is 274 g/mol. The zero-order chi connectivity index (χ0) is 13.8. The van der Waals surface area contributed by atoms with E-state index in [4.69, 9.17) is 5.11 Å². The fourth-order valence-corrected chi connectivity index (χ4v) is 2.70. The summed E-state index contributed by atoms with van der Waals surface area (Å²) in [5, 5.41) is 19.0. The van der Waals surface area contributed by atoms with Crippen LogP contribution in [0.3, 0.4) is 0 Å². The molecule has 3 nitrogen and oxygen atoms in total. The van der Waals surface area contributed by atoms with Gasteiger partial charge in [-0.1, -0.05) is 24.3 Å². The number of carboxylic acids is 1. The normalized spacial score (nSPS) is 10.4. The third kappa shape index (κ3) is 3.29. The molecule has 0 aliphatic rings. The van der Waals surface area contributed by atoms with Gasteiger partial charge < -0.3 is 10.2 Å². The quantitative estimate of drug-likeness (QED) is 0.835. The summed E-state index contributed by atoms with van der Waals surface area (Å²) in [6.07, 6.45) is 0. The molecule has 0 radical (unpaired) electrons. The Labute approximate surface area is 115 Å². The van der Waals surface area contributed by atoms with Crippen molar-refractivity contribution in [1.82, 2.24) is 0 Å². The molecule has 4 heteroatoms. The fraction of sp³-hybridized carbons (Fsp3) is 0.133. The van der Waals surface area contributed by atoms with Crippen molar-refractivity contribution in [3.63, 3.8) is 0 Å². The lowest BCUT2D eigenvalue weighted by Gasteiger charge is -2.09. The van der Waals surface area contributed by atoms with Crippen LogP contribution in [0.5, 0.6) is 5.75 Å². The van der Waals surface area contributed by atoms with E-state index in [1.807, 2.05) is 43.3 Å². The summed E-state index contributed by atoms with van der Waals surface area (Å²) in [5.41, 5.74) is 1.44. The number of thioether (sulfide) groups is 1. The highest BCUT2D eigenvalue weighted by Crippen LogP contribution is 2.30. The first-order valence-corrected chi connectivity index (χ1v) is 6.80. The predicted molar refractivity (Wildman–Crippen MR) is 75.8 cm³/mol. The molecule has 0 bridgehead atoms. The van der Waals surface area contributed by atoms with Crippen molar-refractivity contribution in [3.8, 4) is 5.75 Å². The van der Waals surface area contributed by atoms with Crippen LogP contribution in [-0.4, -0.2) is 16.2 Å². The molecule has 19 heavy (non-hydrogen) atoms. The van der Waals surface area contributed by atoms with Crippen molar-refractivity contribution in [1.29, 1.82) is 0 Å². The summed E-state index contributed by atoms with van der Waals surface area (Å²) in [6.45, 7) is 1.82. The zero-order valence-corrected chi connectivity index (χ0v) is 11.3. The van der Waals surface area contributed by atoms with E-state index in [0.717, 1.165) is 10.5 Å². The van der Waals surface area contributed by atoms with Gasteiger partial charge in [0.25, 0.3) is 0 Å². The summed E-state index contributed by atoms with van der Waals surface area (Å²) in [7, 11) is 0. The number of aromatic carboxylic acids is 1. The molecule has 2 rings (SSSR count). The molecule has 98 valence electrons. The summed E-state index contributed by atoms with van der Waals surface area (Å²) >= 11 is 1.56. The van der Waals surface area contributed by atoms with Crippen molar-refractivity contribution < 1.29 is 15.0 Å². The molecule has 0 heterocycles. The van der Waals surface area contributed by atoms with Crippen LogP contribution in [0.1, 0.15) is 21.5 Å². The summed E-state index contributed by atoms with van der Waals surface area (Å²) in [5.74, 6) is -0.702. The Balaban J connectivity index is 2.23. The number of benzene rings is 2. The standard InChI is InChI=1S/C15H14O3S/c1-10-7-11(14(16)13(8-10)15(17)18)9-19-12-5-3-2-4-6-12/h2-8,16H,9H2,1H3,(H,17,18). The molecule has 0 amide bonds. The minimum absolute atomic E-state index is 0.0383. The summed E-state index contributed by atoms with van der Waals surface area (Å²) in [6, 6.07) is 13.1. The maximum Gasteiger partial charge on any atom is 0.339 e. The molecule has 0 saturated carbocycles. The van der Waals surface area contributed by atoms with Gasteiger partial charge in [-0.15, -0.1) is 11.8 Å². The number of hydrogen-bond donors (Lipinski definition) is 2. The molecule has 2 aromatic rings. The molecule has 0 saturated heterocycles. The monoisotopic (exact) mass is 274 g/mol. The molecular weight excluding hydrogens is 260 g/mol. The third-order valence-corrected chi connectivity index (χ3v) is 3.76. The van der Waals surface area contributed by atoms with Crippen molar-refractivity contribution >= 4 is 17.7 Å². The maximum atomic E-state index is 11.0. The summed E-state index contributed by atoms with van der Waals surface area (Å²) < 4.78 is 0. The topological polar surface area (TPSA) is 57.5 Å². The number of carboxylic acid groups (broad SMARTS) is 1. The molecule has 0 spiro atoms. The highest BCUT2D eigenvalue weighted by molar-refractivity contribution is 7.98. The van der Waals surface area contributed by atoms with Gasteiger partial charge in [-0.3, -0.25) is 0 Å². The summed E-state index contributed by atoms with van der Waals surface area (Å²) in [4.78, 5) is 12.1. The lowest BCUT2D eigenvalue weighted by Crippen LogP contribution is -2.00. The third-order valence-electron chi connectivity index (χ3n) is 2.70. The Morgan fingerprint density at radius 1 is 1.21 bits per heavy atom. The average Bonchev–Trinajstić information content (AvgIpc) is 2.40. The molecule has 2 aromatic carbocycles. The van der Waals surface area contributed by atoms with Crippen LogP contribution in [-0.2, 0) is 5.75 Å². The first-order chi connectivity index (χ1) is 9.08. The van der Waals surface area contributed by atoms with Gasteiger partial charge in [0, 0.05) is 16.2 Å². The van der Waals surface area contributed by atoms with E-state index in [-0.39, 0.29) is 11.3 Å². The molecule has 0 aliphatic carbocycles. The van der Waals surface area contributed by atoms with Gasteiger partial charge in [0.1, 0.15) is 11.3 Å². The predicted octanol–water partition coefficient (Wildman–Crippen LogP) is 3.69. The second kappa shape index (κ2) is 5.80. The lowest BCUT2D eigenvalue weighted by atomic mass is 10.1. The number of phenols is 1. The van der Waals surface area contributed by atoms with Crippen LogP contribution in [0.25, 0.3) is 0 Å². The van der Waals surface area contributed by atoms with E-state index >= 15 is 0 Å². The first kappa shape index (κ1) is 13.5. The van der Waals surface area contributed by atoms with E-state index in [0.29, 0.717) is 11.3 Å². The second-order valence-electron chi connectivity index (χ2n) is 4.23. The Kier molecular flexibility index (Phi) is 4.12. The number of rotatable bonds is 4. The Morgan fingerprint density at radius 2 is 1.89 bits per heavy atom. The van der Waals surface area contributed by atoms with E-state index in [1.165, 1.54) is 6.07 Å². The molecule has 0 atom stereocenters. The Hall–Kier alpha value is -1.94. The molecule has 2 N–H and O–H groups in total. The lowest BCUT2D eigenvalue weighted by molar-refractivity contribution is 0.0693. The van der Waals surface area contributed by atoms with Crippen LogP contribution in [0, 0.1) is 6.92 Å². The zero-order valence-electron chi connectivity index (χ0n) is 10.5. The van der Waals surface area contributed by atoms with E-state index in [9.17, 15) is 9.90 Å². The number of aryl methyl sites for hydroxylation is 1. The largest absolute Gasteiger partial charge is 0.507 e. The SMILES string of the molecule is Cc1cc(CSc2ccccc2)c(O)c(C(=O)O)c1. The van der Waals surface area contributed by atoms with Gasteiger partial charge in [-0.05, 0) is 30.7 Å².